The molecule has 1 aliphatic heterocycles. The number of benzene rings is 2. The zero-order chi connectivity index (χ0) is 24.1. The summed E-state index contributed by atoms with van der Waals surface area (Å²) in [6.45, 7) is 5.31. The Labute approximate surface area is 202 Å². The van der Waals surface area contributed by atoms with Gasteiger partial charge in [-0.2, -0.15) is 0 Å². The molecule has 9 heteroatoms. The Morgan fingerprint density at radius 2 is 1.79 bits per heavy atom. The van der Waals surface area contributed by atoms with Crippen molar-refractivity contribution in [3.8, 4) is 0 Å². The highest BCUT2D eigenvalue weighted by molar-refractivity contribution is 7.15. The summed E-state index contributed by atoms with van der Waals surface area (Å²) in [4.78, 5) is 39.8. The zero-order valence-corrected chi connectivity index (χ0v) is 20.0. The molecule has 0 aliphatic carbocycles. The first-order valence-electron chi connectivity index (χ1n) is 11.2. The van der Waals surface area contributed by atoms with Gasteiger partial charge in [0.15, 0.2) is 0 Å². The van der Waals surface area contributed by atoms with E-state index >= 15 is 0 Å². The highest BCUT2D eigenvalue weighted by atomic mass is 32.1. The number of amides is 3. The first kappa shape index (κ1) is 23.6. The molecular formula is C25H27N5O3S. The van der Waals surface area contributed by atoms with E-state index in [2.05, 4.69) is 20.8 Å². The molecule has 1 aliphatic rings. The summed E-state index contributed by atoms with van der Waals surface area (Å²) in [5, 5.41) is 13.9. The molecule has 0 spiro atoms. The molecule has 3 amide bonds. The molecular weight excluding hydrogens is 450 g/mol. The van der Waals surface area contributed by atoms with Gasteiger partial charge in [0.1, 0.15) is 0 Å². The van der Waals surface area contributed by atoms with Crippen LogP contribution < -0.4 is 10.6 Å². The number of aryl methyl sites for hydroxylation is 2. The van der Waals surface area contributed by atoms with Crippen molar-refractivity contribution in [2.75, 3.05) is 18.4 Å². The molecule has 0 radical (unpaired) electrons. The summed E-state index contributed by atoms with van der Waals surface area (Å²) in [5.74, 6) is -1.05. The largest absolute Gasteiger partial charge is 0.352 e. The highest BCUT2D eigenvalue weighted by Gasteiger charge is 2.30. The second-order valence-electron chi connectivity index (χ2n) is 8.53. The average Bonchev–Trinajstić information content (AvgIpc) is 3.34. The number of carbonyl (C=O) groups is 3. The van der Waals surface area contributed by atoms with Crippen LogP contribution in [0.5, 0.6) is 0 Å². The third-order valence-electron chi connectivity index (χ3n) is 5.74. The van der Waals surface area contributed by atoms with Crippen molar-refractivity contribution in [2.45, 2.75) is 33.2 Å². The Morgan fingerprint density at radius 3 is 2.56 bits per heavy atom. The van der Waals surface area contributed by atoms with E-state index in [1.54, 1.807) is 17.0 Å². The minimum Gasteiger partial charge on any atom is -0.352 e. The SMILES string of the molecule is Cc1ccc(NC(=O)c2nnc(C(=O)N3CCC[C@H](C(=O)NCc4cccc(C)c4)C3)s2)cc1. The zero-order valence-electron chi connectivity index (χ0n) is 19.2. The maximum atomic E-state index is 13.0. The molecule has 2 heterocycles. The minimum atomic E-state index is -0.410. The fraction of sp³-hybridized carbons (Fsp3) is 0.320. The number of nitrogens with one attached hydrogen (secondary N) is 2. The van der Waals surface area contributed by atoms with Gasteiger partial charge in [-0.05, 0) is 44.4 Å². The van der Waals surface area contributed by atoms with E-state index in [9.17, 15) is 14.4 Å². The summed E-state index contributed by atoms with van der Waals surface area (Å²) < 4.78 is 0. The molecule has 0 saturated carbocycles. The first-order chi connectivity index (χ1) is 16.4. The molecule has 8 nitrogen and oxygen atoms in total. The van der Waals surface area contributed by atoms with E-state index in [1.165, 1.54) is 0 Å². The van der Waals surface area contributed by atoms with Gasteiger partial charge < -0.3 is 15.5 Å². The van der Waals surface area contributed by atoms with Crippen LogP contribution in [-0.2, 0) is 11.3 Å². The molecule has 176 valence electrons. The quantitative estimate of drug-likeness (QED) is 0.565. The number of hydrogen-bond donors (Lipinski definition) is 2. The molecule has 2 aromatic carbocycles. The van der Waals surface area contributed by atoms with Gasteiger partial charge in [0.05, 0.1) is 5.92 Å². The van der Waals surface area contributed by atoms with Crippen LogP contribution in [0.15, 0.2) is 48.5 Å². The molecule has 1 aromatic heterocycles. The molecule has 0 bridgehead atoms. The number of rotatable bonds is 6. The molecule has 1 fully saturated rings. The van der Waals surface area contributed by atoms with Gasteiger partial charge in [-0.1, -0.05) is 58.9 Å². The first-order valence-corrected chi connectivity index (χ1v) is 12.0. The predicted octanol–water partition coefficient (Wildman–Crippen LogP) is 3.58. The maximum absolute atomic E-state index is 13.0. The van der Waals surface area contributed by atoms with Crippen LogP contribution in [0.1, 0.15) is 49.1 Å². The van der Waals surface area contributed by atoms with Crippen molar-refractivity contribution in [2.24, 2.45) is 5.92 Å². The standard InChI is InChI=1S/C25H27N5O3S/c1-16-8-10-20(11-9-16)27-22(32)23-28-29-24(34-23)25(33)30-12-4-7-19(15-30)21(31)26-14-18-6-3-5-17(2)13-18/h3,5-6,8-11,13,19H,4,7,12,14-15H2,1-2H3,(H,26,31)(H,27,32)/t19-/m0/s1. The number of anilines is 1. The number of carbonyl (C=O) groups excluding carboxylic acids is 3. The third-order valence-corrected chi connectivity index (χ3v) is 6.65. The summed E-state index contributed by atoms with van der Waals surface area (Å²) in [7, 11) is 0. The molecule has 4 rings (SSSR count). The number of nitrogens with zero attached hydrogens (tertiary/aromatic N) is 3. The molecule has 1 saturated heterocycles. The Balaban J connectivity index is 1.33. The van der Waals surface area contributed by atoms with Crippen LogP contribution in [0.4, 0.5) is 5.69 Å². The van der Waals surface area contributed by atoms with E-state index in [0.717, 1.165) is 40.9 Å². The summed E-state index contributed by atoms with van der Waals surface area (Å²) >= 11 is 0.958. The number of hydrogen-bond acceptors (Lipinski definition) is 6. The van der Waals surface area contributed by atoms with E-state index in [4.69, 9.17) is 0 Å². The van der Waals surface area contributed by atoms with Crippen LogP contribution in [0.3, 0.4) is 0 Å². The Kier molecular flexibility index (Phi) is 7.32. The lowest BCUT2D eigenvalue weighted by Crippen LogP contribution is -2.45. The molecule has 3 aromatic rings. The van der Waals surface area contributed by atoms with E-state index in [-0.39, 0.29) is 27.7 Å². The lowest BCUT2D eigenvalue weighted by atomic mass is 9.97. The Bertz CT molecular complexity index is 1190. The monoisotopic (exact) mass is 477 g/mol. The summed E-state index contributed by atoms with van der Waals surface area (Å²) in [5.41, 5.74) is 3.92. The van der Waals surface area contributed by atoms with Gasteiger partial charge >= 0.3 is 0 Å². The van der Waals surface area contributed by atoms with Gasteiger partial charge in [0.25, 0.3) is 11.8 Å². The number of likely N-dealkylation sites (tertiary alicyclic amines) is 1. The normalized spacial score (nSPS) is 15.6. The lowest BCUT2D eigenvalue weighted by Gasteiger charge is -2.31. The third kappa shape index (κ3) is 5.85. The molecule has 34 heavy (non-hydrogen) atoms. The van der Waals surface area contributed by atoms with Gasteiger partial charge in [-0.15, -0.1) is 10.2 Å². The predicted molar refractivity (Wildman–Crippen MR) is 131 cm³/mol. The van der Waals surface area contributed by atoms with Gasteiger partial charge in [-0.3, -0.25) is 14.4 Å². The van der Waals surface area contributed by atoms with E-state index in [1.807, 2.05) is 50.2 Å². The maximum Gasteiger partial charge on any atom is 0.286 e. The van der Waals surface area contributed by atoms with Crippen molar-refractivity contribution in [1.29, 1.82) is 0 Å². The van der Waals surface area contributed by atoms with E-state index in [0.29, 0.717) is 25.3 Å². The number of piperidine rings is 1. The van der Waals surface area contributed by atoms with Crippen LogP contribution in [0.25, 0.3) is 0 Å². The highest BCUT2D eigenvalue weighted by Crippen LogP contribution is 2.21. The summed E-state index contributed by atoms with van der Waals surface area (Å²) in [6, 6.07) is 15.4. The van der Waals surface area contributed by atoms with Crippen LogP contribution in [0.2, 0.25) is 0 Å². The molecule has 2 N–H and O–H groups in total. The Morgan fingerprint density at radius 1 is 1.03 bits per heavy atom. The smallest absolute Gasteiger partial charge is 0.286 e. The van der Waals surface area contributed by atoms with Gasteiger partial charge in [0, 0.05) is 25.3 Å². The second kappa shape index (κ2) is 10.6. The molecule has 0 unspecified atom stereocenters. The Hall–Kier alpha value is -3.59. The van der Waals surface area contributed by atoms with E-state index < -0.39 is 5.91 Å². The van der Waals surface area contributed by atoms with Crippen molar-refractivity contribution < 1.29 is 14.4 Å². The topological polar surface area (TPSA) is 104 Å². The van der Waals surface area contributed by atoms with Crippen molar-refractivity contribution in [3.05, 3.63) is 75.2 Å². The van der Waals surface area contributed by atoms with Crippen molar-refractivity contribution >= 4 is 34.7 Å². The van der Waals surface area contributed by atoms with Crippen LogP contribution >= 0.6 is 11.3 Å². The minimum absolute atomic E-state index is 0.0607. The molecule has 1 atom stereocenters. The van der Waals surface area contributed by atoms with Crippen LogP contribution in [-0.4, -0.2) is 45.9 Å². The lowest BCUT2D eigenvalue weighted by molar-refractivity contribution is -0.126. The number of aromatic nitrogens is 2. The fourth-order valence-electron chi connectivity index (χ4n) is 3.89. The van der Waals surface area contributed by atoms with Crippen molar-refractivity contribution in [3.63, 3.8) is 0 Å². The van der Waals surface area contributed by atoms with Crippen molar-refractivity contribution in [1.82, 2.24) is 20.4 Å². The summed E-state index contributed by atoms with van der Waals surface area (Å²) in [6.07, 6.45) is 1.46. The average molecular weight is 478 g/mol. The fourth-order valence-corrected chi connectivity index (χ4v) is 4.60. The van der Waals surface area contributed by atoms with Gasteiger partial charge in [-0.25, -0.2) is 0 Å². The van der Waals surface area contributed by atoms with Gasteiger partial charge in [0.2, 0.25) is 15.9 Å². The second-order valence-corrected chi connectivity index (χ2v) is 9.51. The van der Waals surface area contributed by atoms with Crippen LogP contribution in [0, 0.1) is 19.8 Å².